The van der Waals surface area contributed by atoms with Gasteiger partial charge in [0.1, 0.15) is 67.1 Å². The molecule has 5 aliphatic carbocycles. The molecule has 67 heavy (non-hydrogen) atoms. The van der Waals surface area contributed by atoms with Gasteiger partial charge in [-0.1, -0.05) is 53.2 Å². The van der Waals surface area contributed by atoms with E-state index in [1.807, 2.05) is 6.92 Å². The van der Waals surface area contributed by atoms with Gasteiger partial charge in [-0.3, -0.25) is 4.79 Å². The summed E-state index contributed by atoms with van der Waals surface area (Å²) in [4.78, 5) is 15.0. The molecule has 8 rings (SSSR count). The molecule has 0 aromatic carbocycles. The highest BCUT2D eigenvalue weighted by Gasteiger charge is 2.71. The Morgan fingerprint density at radius 3 is 2.01 bits per heavy atom. The number of aliphatic hydroxyl groups excluding tert-OH is 12. The molecule has 19 heteroatoms. The number of carbonyl (C=O) groups is 1. The molecule has 19 nitrogen and oxygen atoms in total. The third-order valence-electron chi connectivity index (χ3n) is 19.7. The van der Waals surface area contributed by atoms with Gasteiger partial charge in [-0.2, -0.15) is 0 Å². The van der Waals surface area contributed by atoms with Crippen LogP contribution in [0.4, 0.5) is 0 Å². The van der Waals surface area contributed by atoms with Gasteiger partial charge in [0.05, 0.1) is 43.5 Å². The minimum Gasteiger partial charge on any atom is -0.432 e. The number of hydrogen-bond acceptors (Lipinski definition) is 19. The molecule has 5 unspecified atom stereocenters. The van der Waals surface area contributed by atoms with E-state index in [-0.39, 0.29) is 52.4 Å². The number of hydrogen-bond donors (Lipinski definition) is 12. The Morgan fingerprint density at radius 2 is 1.34 bits per heavy atom. The van der Waals surface area contributed by atoms with Gasteiger partial charge in [0, 0.05) is 5.41 Å². The van der Waals surface area contributed by atoms with Gasteiger partial charge in [-0.25, -0.2) is 0 Å². The molecule has 27 atom stereocenters. The van der Waals surface area contributed by atoms with Crippen LogP contribution in [0, 0.1) is 56.7 Å². The van der Waals surface area contributed by atoms with E-state index < -0.39 is 134 Å². The molecule has 384 valence electrons. The van der Waals surface area contributed by atoms with Crippen molar-refractivity contribution in [3.8, 4) is 0 Å². The first-order valence-corrected chi connectivity index (χ1v) is 24.5. The highest BCUT2D eigenvalue weighted by molar-refractivity contribution is 5.79. The van der Waals surface area contributed by atoms with Crippen LogP contribution in [0.5, 0.6) is 0 Å². The standard InChI is InChI=1S/C48H78O19/c1-20-10-13-48(15-14-46(6)23(29(48)21(20)2)8-9-28-44(4)16-24(51)39(60)45(5,19-50)27(44)11-12-47(28,46)7)43(61)67-42-36(58)33(55)31(53)26(65-42)18-62-40-37(59)34(56)38(25(17-49)64-40)66-41-35(57)32(54)30(52)22(3)63-41/h8,20-22,24-42,49-60H,9-19H2,1-7H3/t20?,21-,22-,24?,25+,26+,27?,28?,29-,30-,31-,32+,33-,34+,35+,36+,37+,38-,39-,40-,41-,42+,44-,45-,46?,47+,48-/m0/s1. The number of carbonyl (C=O) groups excluding carboxylic acids is 1. The topological polar surface area (TPSA) is 315 Å². The van der Waals surface area contributed by atoms with Crippen molar-refractivity contribution in [2.45, 2.75) is 204 Å². The van der Waals surface area contributed by atoms with Crippen LogP contribution in [0.15, 0.2) is 11.6 Å². The summed E-state index contributed by atoms with van der Waals surface area (Å²) < 4.78 is 34.7. The third kappa shape index (κ3) is 7.92. The normalized spacial score (nSPS) is 56.7. The van der Waals surface area contributed by atoms with E-state index in [0.29, 0.717) is 32.1 Å². The van der Waals surface area contributed by atoms with Crippen LogP contribution in [0.1, 0.15) is 99.8 Å². The first-order chi connectivity index (χ1) is 31.4. The van der Waals surface area contributed by atoms with Gasteiger partial charge < -0.3 is 89.7 Å². The van der Waals surface area contributed by atoms with E-state index in [0.717, 1.165) is 19.3 Å². The van der Waals surface area contributed by atoms with E-state index in [1.54, 1.807) is 0 Å². The van der Waals surface area contributed by atoms with Gasteiger partial charge in [-0.15, -0.1) is 0 Å². The Morgan fingerprint density at radius 1 is 0.701 bits per heavy atom. The fourth-order valence-electron chi connectivity index (χ4n) is 15.2. The highest BCUT2D eigenvalue weighted by Crippen LogP contribution is 2.76. The maximum absolute atomic E-state index is 15.0. The van der Waals surface area contributed by atoms with Crippen molar-refractivity contribution in [1.82, 2.24) is 0 Å². The van der Waals surface area contributed by atoms with Gasteiger partial charge >= 0.3 is 5.97 Å². The predicted molar refractivity (Wildman–Crippen MR) is 231 cm³/mol. The SMILES string of the molecule is CC1CC[C@]2(C(=O)O[C@H]3O[C@H](CO[C@H]4O[C@H](CO)[C@H](O[C@@H]5O[C@@H](C)[C@H](O)[C@@H](O)[C@H]5O)[C@H](O)[C@H]4O)[C@H](O)[C@H](O)[C@H]3O)CCC3(C)C(=CCC4[C@@]5(C)CC(O)[C@H](O)[C@@](C)(CO)C5CC[C@]43C)[C@@H]2[C@H]1C. The number of ether oxygens (including phenoxy) is 6. The third-order valence-corrected chi connectivity index (χ3v) is 19.7. The Hall–Kier alpha value is -1.47. The smallest absolute Gasteiger partial charge is 0.315 e. The molecule has 3 saturated heterocycles. The van der Waals surface area contributed by atoms with Crippen LogP contribution in [0.3, 0.4) is 0 Å². The Balaban J connectivity index is 0.985. The fraction of sp³-hybridized carbons (Fsp3) is 0.938. The van der Waals surface area contributed by atoms with E-state index in [1.165, 1.54) is 12.5 Å². The maximum atomic E-state index is 15.0. The van der Waals surface area contributed by atoms with Crippen LogP contribution in [0.2, 0.25) is 0 Å². The molecule has 4 saturated carbocycles. The van der Waals surface area contributed by atoms with Crippen LogP contribution in [-0.4, -0.2) is 191 Å². The van der Waals surface area contributed by atoms with E-state index in [9.17, 15) is 61.3 Å². The van der Waals surface area contributed by atoms with Crippen LogP contribution >= 0.6 is 0 Å². The molecule has 7 fully saturated rings. The number of esters is 1. The predicted octanol–water partition coefficient (Wildman–Crippen LogP) is -1.03. The lowest BCUT2D eigenvalue weighted by Crippen LogP contribution is -2.68. The number of rotatable bonds is 9. The van der Waals surface area contributed by atoms with Crippen LogP contribution < -0.4 is 0 Å². The van der Waals surface area contributed by atoms with Crippen molar-refractivity contribution >= 4 is 5.97 Å². The summed E-state index contributed by atoms with van der Waals surface area (Å²) in [6.07, 6.45) is -18.9. The lowest BCUT2D eigenvalue weighted by Gasteiger charge is -2.71. The summed E-state index contributed by atoms with van der Waals surface area (Å²) in [6.45, 7) is 13.0. The maximum Gasteiger partial charge on any atom is 0.315 e. The van der Waals surface area contributed by atoms with Gasteiger partial charge in [0.15, 0.2) is 12.6 Å². The molecule has 0 aromatic heterocycles. The average molecular weight is 959 g/mol. The molecule has 12 N–H and O–H groups in total. The molecule has 0 radical (unpaired) electrons. The molecule has 3 aliphatic heterocycles. The van der Waals surface area contributed by atoms with Gasteiger partial charge in [0.2, 0.25) is 6.29 Å². The van der Waals surface area contributed by atoms with E-state index >= 15 is 4.79 Å². The quantitative estimate of drug-likeness (QED) is 0.0971. The molecule has 0 bridgehead atoms. The molecule has 3 heterocycles. The summed E-state index contributed by atoms with van der Waals surface area (Å²) in [5.74, 6) is -0.386. The van der Waals surface area contributed by atoms with E-state index in [4.69, 9.17) is 28.4 Å². The molecule has 0 spiro atoms. The summed E-state index contributed by atoms with van der Waals surface area (Å²) in [6, 6.07) is 0. The van der Waals surface area contributed by atoms with Crippen molar-refractivity contribution < 1.29 is 94.5 Å². The first kappa shape index (κ1) is 51.9. The minimum absolute atomic E-state index is 0.0112. The lowest BCUT2D eigenvalue weighted by molar-refractivity contribution is -0.361. The zero-order valence-electron chi connectivity index (χ0n) is 39.8. The molecular formula is C48H78O19. The van der Waals surface area contributed by atoms with Crippen molar-refractivity contribution in [3.05, 3.63) is 11.6 Å². The average Bonchev–Trinajstić information content (AvgIpc) is 3.29. The zero-order chi connectivity index (χ0) is 49.1. The molecule has 8 aliphatic rings. The monoisotopic (exact) mass is 959 g/mol. The number of aliphatic hydroxyl groups is 12. The van der Waals surface area contributed by atoms with E-state index in [2.05, 4.69) is 40.7 Å². The molecule has 0 amide bonds. The van der Waals surface area contributed by atoms with Crippen molar-refractivity contribution in [3.63, 3.8) is 0 Å². The summed E-state index contributed by atoms with van der Waals surface area (Å²) in [7, 11) is 0. The first-order valence-electron chi connectivity index (χ1n) is 24.5. The molecule has 0 aromatic rings. The minimum atomic E-state index is -1.86. The Bertz CT molecular complexity index is 1820. The van der Waals surface area contributed by atoms with Gasteiger partial charge in [0.25, 0.3) is 0 Å². The second kappa shape index (κ2) is 18.5. The summed E-state index contributed by atoms with van der Waals surface area (Å²) in [5.41, 5.74) is -1.64. The second-order valence-electron chi connectivity index (χ2n) is 22.9. The second-order valence-corrected chi connectivity index (χ2v) is 22.9. The van der Waals surface area contributed by atoms with Crippen molar-refractivity contribution in [1.29, 1.82) is 0 Å². The lowest BCUT2D eigenvalue weighted by atomic mass is 9.33. The largest absolute Gasteiger partial charge is 0.432 e. The van der Waals surface area contributed by atoms with Crippen LogP contribution in [-0.2, 0) is 33.2 Å². The Labute approximate surface area is 392 Å². The number of fused-ring (bicyclic) bond motifs is 7. The van der Waals surface area contributed by atoms with Crippen LogP contribution in [0.25, 0.3) is 0 Å². The highest BCUT2D eigenvalue weighted by atomic mass is 16.8. The fourth-order valence-corrected chi connectivity index (χ4v) is 15.2. The van der Waals surface area contributed by atoms with Crippen molar-refractivity contribution in [2.75, 3.05) is 19.8 Å². The number of allylic oxidation sites excluding steroid dienone is 2. The Kier molecular flexibility index (Phi) is 14.4. The zero-order valence-corrected chi connectivity index (χ0v) is 39.8. The van der Waals surface area contributed by atoms with Crippen molar-refractivity contribution in [2.24, 2.45) is 56.7 Å². The summed E-state index contributed by atoms with van der Waals surface area (Å²) in [5, 5.41) is 130. The van der Waals surface area contributed by atoms with Gasteiger partial charge in [-0.05, 0) is 104 Å². The summed E-state index contributed by atoms with van der Waals surface area (Å²) >= 11 is 0. The molecular weight excluding hydrogens is 881 g/mol.